The molecule has 0 aromatic heterocycles. The van der Waals surface area contributed by atoms with Crippen molar-refractivity contribution in [3.8, 4) is 0 Å². The number of aliphatic carboxylic acids is 1. The first-order chi connectivity index (χ1) is 9.43. The molecule has 0 unspecified atom stereocenters. The fraction of sp³-hybridized carbons (Fsp3) is 0.308. The molecule has 0 aliphatic heterocycles. The molecule has 0 saturated heterocycles. The molecule has 0 aliphatic rings. The van der Waals surface area contributed by atoms with Gasteiger partial charge in [-0.1, -0.05) is 6.07 Å². The van der Waals surface area contributed by atoms with Crippen LogP contribution >= 0.6 is 22.6 Å². The molecule has 20 heavy (non-hydrogen) atoms. The van der Waals surface area contributed by atoms with E-state index >= 15 is 0 Å². The van der Waals surface area contributed by atoms with Crippen molar-refractivity contribution in [3.05, 3.63) is 33.4 Å². The second-order valence-corrected chi connectivity index (χ2v) is 5.24. The molecule has 0 saturated carbocycles. The zero-order valence-corrected chi connectivity index (χ0v) is 12.9. The zero-order chi connectivity index (χ0) is 15.1. The Kier molecular flexibility index (Phi) is 6.43. The molecule has 0 aliphatic carbocycles. The summed E-state index contributed by atoms with van der Waals surface area (Å²) in [6, 6.07) is 5.65. The number of benzene rings is 1. The van der Waals surface area contributed by atoms with E-state index in [9.17, 15) is 14.4 Å². The van der Waals surface area contributed by atoms with Crippen LogP contribution in [0.25, 0.3) is 0 Å². The minimum atomic E-state index is -1.19. The van der Waals surface area contributed by atoms with Crippen molar-refractivity contribution in [1.29, 1.82) is 0 Å². The Hall–Kier alpha value is -1.64. The number of nitrogens with one attached hydrogen (secondary N) is 1. The minimum absolute atomic E-state index is 0.0162. The summed E-state index contributed by atoms with van der Waals surface area (Å²) in [7, 11) is 1.22. The topological polar surface area (TPSA) is 92.7 Å². The van der Waals surface area contributed by atoms with Crippen LogP contribution in [-0.2, 0) is 14.3 Å². The smallest absolute Gasteiger partial charge is 0.326 e. The molecule has 1 amide bonds. The van der Waals surface area contributed by atoms with Gasteiger partial charge in [0.1, 0.15) is 6.04 Å². The van der Waals surface area contributed by atoms with Crippen molar-refractivity contribution in [2.24, 2.45) is 0 Å². The third-order valence-electron chi connectivity index (χ3n) is 2.56. The van der Waals surface area contributed by atoms with Crippen LogP contribution in [0, 0.1) is 3.57 Å². The largest absolute Gasteiger partial charge is 0.480 e. The predicted molar refractivity (Wildman–Crippen MR) is 79.3 cm³/mol. The second-order valence-electron chi connectivity index (χ2n) is 3.99. The van der Waals surface area contributed by atoms with E-state index in [0.29, 0.717) is 5.56 Å². The van der Waals surface area contributed by atoms with Crippen molar-refractivity contribution in [1.82, 2.24) is 5.32 Å². The van der Waals surface area contributed by atoms with E-state index in [1.165, 1.54) is 7.11 Å². The molecule has 0 spiro atoms. The maximum Gasteiger partial charge on any atom is 0.326 e. The lowest BCUT2D eigenvalue weighted by Gasteiger charge is -2.14. The van der Waals surface area contributed by atoms with E-state index in [-0.39, 0.29) is 12.8 Å². The molecule has 7 heteroatoms. The highest BCUT2D eigenvalue weighted by Crippen LogP contribution is 2.09. The van der Waals surface area contributed by atoms with Crippen LogP contribution < -0.4 is 5.32 Å². The van der Waals surface area contributed by atoms with Crippen LogP contribution in [0.5, 0.6) is 0 Å². The molecule has 108 valence electrons. The summed E-state index contributed by atoms with van der Waals surface area (Å²) < 4.78 is 5.31. The second kappa shape index (κ2) is 7.83. The summed E-state index contributed by atoms with van der Waals surface area (Å²) in [5.41, 5.74) is 0.376. The molecule has 6 nitrogen and oxygen atoms in total. The molecular formula is C13H14INO5. The number of esters is 1. The molecule has 1 aromatic carbocycles. The van der Waals surface area contributed by atoms with Crippen LogP contribution in [0.3, 0.4) is 0 Å². The number of methoxy groups -OCH3 is 1. The number of carboxylic acid groups (broad SMARTS) is 1. The SMILES string of the molecule is COC(=O)CC[C@H](NC(=O)c1cccc(I)c1)C(=O)O. The van der Waals surface area contributed by atoms with Gasteiger partial charge < -0.3 is 15.2 Å². The summed E-state index contributed by atoms with van der Waals surface area (Å²) in [6.45, 7) is 0. The number of carbonyl (C=O) groups excluding carboxylic acids is 2. The molecule has 0 fully saturated rings. The van der Waals surface area contributed by atoms with E-state index in [0.717, 1.165) is 3.57 Å². The predicted octanol–water partition coefficient (Wildman–Crippen LogP) is 1.43. The van der Waals surface area contributed by atoms with Gasteiger partial charge in [-0.3, -0.25) is 9.59 Å². The first-order valence-electron chi connectivity index (χ1n) is 5.80. The van der Waals surface area contributed by atoms with E-state index in [1.807, 2.05) is 6.07 Å². The van der Waals surface area contributed by atoms with Gasteiger partial charge in [-0.05, 0) is 47.2 Å². The van der Waals surface area contributed by atoms with Gasteiger partial charge in [-0.25, -0.2) is 4.79 Å². The summed E-state index contributed by atoms with van der Waals surface area (Å²) in [4.78, 5) is 34.0. The minimum Gasteiger partial charge on any atom is -0.480 e. The van der Waals surface area contributed by atoms with Crippen molar-refractivity contribution in [2.45, 2.75) is 18.9 Å². The Morgan fingerprint density at radius 3 is 2.65 bits per heavy atom. The summed E-state index contributed by atoms with van der Waals surface area (Å²) in [6.07, 6.45) is -0.0856. The summed E-state index contributed by atoms with van der Waals surface area (Å²) in [5.74, 6) is -2.19. The highest BCUT2D eigenvalue weighted by Gasteiger charge is 2.21. The molecule has 1 rings (SSSR count). The third kappa shape index (κ3) is 5.16. The molecule has 2 N–H and O–H groups in total. The number of carbonyl (C=O) groups is 3. The number of ether oxygens (including phenoxy) is 1. The Labute approximate surface area is 129 Å². The number of hydrogen-bond acceptors (Lipinski definition) is 4. The first kappa shape index (κ1) is 16.4. The van der Waals surface area contributed by atoms with Crippen LogP contribution in [0.1, 0.15) is 23.2 Å². The zero-order valence-electron chi connectivity index (χ0n) is 10.8. The van der Waals surface area contributed by atoms with E-state index in [2.05, 4.69) is 32.6 Å². The Balaban J connectivity index is 2.68. The van der Waals surface area contributed by atoms with Gasteiger partial charge in [0, 0.05) is 15.6 Å². The van der Waals surface area contributed by atoms with Crippen LogP contribution in [-0.4, -0.2) is 36.1 Å². The number of rotatable bonds is 6. The lowest BCUT2D eigenvalue weighted by Crippen LogP contribution is -2.41. The molecule has 1 atom stereocenters. The molecule has 0 bridgehead atoms. The molecule has 0 heterocycles. The molecular weight excluding hydrogens is 377 g/mol. The maximum absolute atomic E-state index is 11.9. The van der Waals surface area contributed by atoms with Crippen LogP contribution in [0.2, 0.25) is 0 Å². The van der Waals surface area contributed by atoms with Crippen molar-refractivity contribution < 1.29 is 24.2 Å². The maximum atomic E-state index is 11.9. The van der Waals surface area contributed by atoms with Gasteiger partial charge in [0.2, 0.25) is 0 Å². The third-order valence-corrected chi connectivity index (χ3v) is 3.23. The fourth-order valence-electron chi connectivity index (χ4n) is 1.49. The Morgan fingerprint density at radius 2 is 2.10 bits per heavy atom. The number of carboxylic acids is 1. The van der Waals surface area contributed by atoms with Crippen LogP contribution in [0.4, 0.5) is 0 Å². The van der Waals surface area contributed by atoms with Gasteiger partial charge in [-0.15, -0.1) is 0 Å². The monoisotopic (exact) mass is 391 g/mol. The Bertz CT molecular complexity index is 517. The standard InChI is InChI=1S/C13H14INO5/c1-20-11(16)6-5-10(13(18)19)15-12(17)8-3-2-4-9(14)7-8/h2-4,7,10H,5-6H2,1H3,(H,15,17)(H,18,19)/t10-/m0/s1. The van der Waals surface area contributed by atoms with Crippen molar-refractivity contribution in [2.75, 3.05) is 7.11 Å². The first-order valence-corrected chi connectivity index (χ1v) is 6.88. The normalized spacial score (nSPS) is 11.5. The molecule has 0 radical (unpaired) electrons. The quantitative estimate of drug-likeness (QED) is 0.566. The van der Waals surface area contributed by atoms with E-state index in [4.69, 9.17) is 5.11 Å². The fourth-order valence-corrected chi connectivity index (χ4v) is 2.04. The number of amides is 1. The highest BCUT2D eigenvalue weighted by molar-refractivity contribution is 14.1. The van der Waals surface area contributed by atoms with E-state index < -0.39 is 23.9 Å². The summed E-state index contributed by atoms with van der Waals surface area (Å²) in [5, 5.41) is 11.4. The van der Waals surface area contributed by atoms with E-state index in [1.54, 1.807) is 18.2 Å². The Morgan fingerprint density at radius 1 is 1.40 bits per heavy atom. The lowest BCUT2D eigenvalue weighted by atomic mass is 10.1. The van der Waals surface area contributed by atoms with Crippen LogP contribution in [0.15, 0.2) is 24.3 Å². The lowest BCUT2D eigenvalue weighted by molar-refractivity contribution is -0.142. The van der Waals surface area contributed by atoms with Gasteiger partial charge in [-0.2, -0.15) is 0 Å². The van der Waals surface area contributed by atoms with Gasteiger partial charge in [0.15, 0.2) is 0 Å². The van der Waals surface area contributed by atoms with Gasteiger partial charge in [0.25, 0.3) is 5.91 Å². The van der Waals surface area contributed by atoms with Crippen molar-refractivity contribution >= 4 is 40.4 Å². The number of hydrogen-bond donors (Lipinski definition) is 2. The average molecular weight is 391 g/mol. The van der Waals surface area contributed by atoms with Gasteiger partial charge >= 0.3 is 11.9 Å². The highest BCUT2D eigenvalue weighted by atomic mass is 127. The average Bonchev–Trinajstić information content (AvgIpc) is 2.42. The molecule has 1 aromatic rings. The van der Waals surface area contributed by atoms with Crippen molar-refractivity contribution in [3.63, 3.8) is 0 Å². The number of halogens is 1. The summed E-state index contributed by atoms with van der Waals surface area (Å²) >= 11 is 2.06. The van der Waals surface area contributed by atoms with Gasteiger partial charge in [0.05, 0.1) is 7.11 Å².